The molecule has 2 nitrogen and oxygen atoms in total. The largest absolute Gasteiger partial charge is 0.465 e. The molecule has 90 valence electrons. The summed E-state index contributed by atoms with van der Waals surface area (Å²) in [4.78, 5) is 11.3. The van der Waals surface area contributed by atoms with Crippen LogP contribution >= 0.6 is 0 Å². The van der Waals surface area contributed by atoms with E-state index in [0.717, 1.165) is 5.56 Å². The summed E-state index contributed by atoms with van der Waals surface area (Å²) in [7, 11) is 0. The van der Waals surface area contributed by atoms with Gasteiger partial charge in [0.05, 0.1) is 13.0 Å². The molecule has 0 radical (unpaired) electrons. The van der Waals surface area contributed by atoms with Gasteiger partial charge in [0.1, 0.15) is 0 Å². The Bertz CT molecular complexity index is 396. The normalized spacial score (nSPS) is 9.59. The number of ether oxygens (including phenoxy) is 1. The minimum absolute atomic E-state index is 0.166. The SMILES string of the molecule is CC(C)COC(=O)CCC#Cc1ccccc1. The molecule has 0 aliphatic carbocycles. The van der Waals surface area contributed by atoms with Gasteiger partial charge >= 0.3 is 5.97 Å². The zero-order valence-corrected chi connectivity index (χ0v) is 10.4. The number of hydrogen-bond donors (Lipinski definition) is 0. The van der Waals surface area contributed by atoms with Crippen molar-refractivity contribution in [3.8, 4) is 11.8 Å². The van der Waals surface area contributed by atoms with Crippen LogP contribution in [-0.2, 0) is 9.53 Å². The van der Waals surface area contributed by atoms with Crippen LogP contribution in [0.5, 0.6) is 0 Å². The molecule has 0 atom stereocenters. The third kappa shape index (κ3) is 6.42. The molecule has 17 heavy (non-hydrogen) atoms. The maximum absolute atomic E-state index is 11.3. The summed E-state index contributed by atoms with van der Waals surface area (Å²) in [6.45, 7) is 4.52. The van der Waals surface area contributed by atoms with Crippen molar-refractivity contribution in [2.75, 3.05) is 6.61 Å². The average Bonchev–Trinajstić information content (AvgIpc) is 2.33. The number of rotatable bonds is 4. The van der Waals surface area contributed by atoms with Crippen LogP contribution in [-0.4, -0.2) is 12.6 Å². The van der Waals surface area contributed by atoms with Gasteiger partial charge in [0, 0.05) is 12.0 Å². The maximum atomic E-state index is 11.3. The van der Waals surface area contributed by atoms with Gasteiger partial charge in [-0.15, -0.1) is 0 Å². The van der Waals surface area contributed by atoms with Crippen LogP contribution in [0.25, 0.3) is 0 Å². The lowest BCUT2D eigenvalue weighted by atomic mass is 10.2. The fourth-order valence-corrected chi connectivity index (χ4v) is 1.18. The van der Waals surface area contributed by atoms with Gasteiger partial charge in [0.15, 0.2) is 0 Å². The molecule has 2 heteroatoms. The Hall–Kier alpha value is -1.75. The average molecular weight is 230 g/mol. The molecule has 0 aromatic heterocycles. The number of hydrogen-bond acceptors (Lipinski definition) is 2. The second kappa shape index (κ2) is 7.51. The maximum Gasteiger partial charge on any atom is 0.306 e. The number of benzene rings is 1. The third-order valence-electron chi connectivity index (χ3n) is 2.04. The van der Waals surface area contributed by atoms with E-state index in [1.165, 1.54) is 0 Å². The molecule has 0 amide bonds. The van der Waals surface area contributed by atoms with E-state index in [1.807, 2.05) is 44.2 Å². The fraction of sp³-hybridized carbons (Fsp3) is 0.400. The highest BCUT2D eigenvalue weighted by atomic mass is 16.5. The summed E-state index contributed by atoms with van der Waals surface area (Å²) in [5.41, 5.74) is 0.975. The highest BCUT2D eigenvalue weighted by molar-refractivity contribution is 5.69. The molecule has 0 heterocycles. The van der Waals surface area contributed by atoms with Gasteiger partial charge in [-0.2, -0.15) is 0 Å². The van der Waals surface area contributed by atoms with Crippen LogP contribution in [0.15, 0.2) is 30.3 Å². The Kier molecular flexibility index (Phi) is 5.88. The minimum atomic E-state index is -0.166. The molecule has 0 unspecified atom stereocenters. The first-order valence-electron chi connectivity index (χ1n) is 5.88. The van der Waals surface area contributed by atoms with Gasteiger partial charge in [-0.1, -0.05) is 43.9 Å². The lowest BCUT2D eigenvalue weighted by Crippen LogP contribution is -2.09. The van der Waals surface area contributed by atoms with Crippen molar-refractivity contribution in [2.45, 2.75) is 26.7 Å². The standard InChI is InChI=1S/C15H18O2/c1-13(2)12-17-15(16)11-7-6-10-14-8-4-3-5-9-14/h3-5,8-9,13H,7,11-12H2,1-2H3. The first-order chi connectivity index (χ1) is 8.18. The van der Waals surface area contributed by atoms with E-state index < -0.39 is 0 Å². The van der Waals surface area contributed by atoms with Gasteiger partial charge in [0.25, 0.3) is 0 Å². The van der Waals surface area contributed by atoms with Gasteiger partial charge < -0.3 is 4.74 Å². The molecular weight excluding hydrogens is 212 g/mol. The van der Waals surface area contributed by atoms with E-state index in [1.54, 1.807) is 0 Å². The van der Waals surface area contributed by atoms with Gasteiger partial charge in [-0.05, 0) is 18.1 Å². The van der Waals surface area contributed by atoms with Crippen molar-refractivity contribution in [1.82, 2.24) is 0 Å². The molecule has 0 bridgehead atoms. The highest BCUT2D eigenvalue weighted by Gasteiger charge is 2.02. The Balaban J connectivity index is 2.24. The Morgan fingerprint density at radius 3 is 2.65 bits per heavy atom. The van der Waals surface area contributed by atoms with E-state index >= 15 is 0 Å². The Morgan fingerprint density at radius 2 is 2.00 bits per heavy atom. The lowest BCUT2D eigenvalue weighted by Gasteiger charge is -2.05. The van der Waals surface area contributed by atoms with Crippen molar-refractivity contribution in [3.05, 3.63) is 35.9 Å². The van der Waals surface area contributed by atoms with E-state index in [4.69, 9.17) is 4.74 Å². The van der Waals surface area contributed by atoms with Crippen molar-refractivity contribution in [2.24, 2.45) is 5.92 Å². The third-order valence-corrected chi connectivity index (χ3v) is 2.04. The summed E-state index contributed by atoms with van der Waals surface area (Å²) in [5, 5.41) is 0. The molecule has 0 spiro atoms. The summed E-state index contributed by atoms with van der Waals surface area (Å²) < 4.78 is 5.05. The molecule has 0 aliphatic rings. The smallest absolute Gasteiger partial charge is 0.306 e. The summed E-state index contributed by atoms with van der Waals surface area (Å²) in [6.07, 6.45) is 0.915. The quantitative estimate of drug-likeness (QED) is 0.587. The van der Waals surface area contributed by atoms with Crippen LogP contribution in [0.3, 0.4) is 0 Å². The monoisotopic (exact) mass is 230 g/mol. The molecule has 1 aromatic carbocycles. The van der Waals surface area contributed by atoms with Gasteiger partial charge in [-0.3, -0.25) is 4.79 Å². The van der Waals surface area contributed by atoms with Crippen molar-refractivity contribution >= 4 is 5.97 Å². The zero-order chi connectivity index (χ0) is 12.5. The number of carbonyl (C=O) groups is 1. The second-order valence-electron chi connectivity index (χ2n) is 4.24. The van der Waals surface area contributed by atoms with E-state index in [0.29, 0.717) is 25.4 Å². The fourth-order valence-electron chi connectivity index (χ4n) is 1.18. The molecule has 0 aliphatic heterocycles. The molecule has 0 saturated heterocycles. The van der Waals surface area contributed by atoms with E-state index in [9.17, 15) is 4.79 Å². The van der Waals surface area contributed by atoms with Crippen molar-refractivity contribution in [1.29, 1.82) is 0 Å². The van der Waals surface area contributed by atoms with Crippen LogP contribution in [0.4, 0.5) is 0 Å². The summed E-state index contributed by atoms with van der Waals surface area (Å²) >= 11 is 0. The predicted octanol–water partition coefficient (Wildman–Crippen LogP) is 3.02. The molecule has 0 N–H and O–H groups in total. The van der Waals surface area contributed by atoms with Crippen LogP contribution in [0.2, 0.25) is 0 Å². The minimum Gasteiger partial charge on any atom is -0.465 e. The van der Waals surface area contributed by atoms with Crippen molar-refractivity contribution < 1.29 is 9.53 Å². The summed E-state index contributed by atoms with van der Waals surface area (Å²) in [5.74, 6) is 6.19. The first kappa shape index (κ1) is 13.3. The van der Waals surface area contributed by atoms with Crippen LogP contribution in [0.1, 0.15) is 32.3 Å². The number of esters is 1. The Morgan fingerprint density at radius 1 is 1.29 bits per heavy atom. The van der Waals surface area contributed by atoms with Gasteiger partial charge in [0.2, 0.25) is 0 Å². The van der Waals surface area contributed by atoms with Crippen LogP contribution in [0, 0.1) is 17.8 Å². The second-order valence-corrected chi connectivity index (χ2v) is 4.24. The topological polar surface area (TPSA) is 26.3 Å². The first-order valence-corrected chi connectivity index (χ1v) is 5.88. The van der Waals surface area contributed by atoms with E-state index in [2.05, 4.69) is 11.8 Å². The molecule has 1 aromatic rings. The summed E-state index contributed by atoms with van der Waals surface area (Å²) in [6, 6.07) is 9.74. The van der Waals surface area contributed by atoms with Gasteiger partial charge in [-0.25, -0.2) is 0 Å². The molecule has 0 fully saturated rings. The molecule has 0 saturated carbocycles. The zero-order valence-electron chi connectivity index (χ0n) is 10.4. The predicted molar refractivity (Wildman–Crippen MR) is 68.4 cm³/mol. The van der Waals surface area contributed by atoms with E-state index in [-0.39, 0.29) is 5.97 Å². The Labute approximate surface area is 103 Å². The number of carbonyl (C=O) groups excluding carboxylic acids is 1. The molecule has 1 rings (SSSR count). The lowest BCUT2D eigenvalue weighted by molar-refractivity contribution is -0.144. The molecular formula is C15H18O2. The van der Waals surface area contributed by atoms with Crippen LogP contribution < -0.4 is 0 Å². The highest BCUT2D eigenvalue weighted by Crippen LogP contribution is 1.98. The van der Waals surface area contributed by atoms with Crippen molar-refractivity contribution in [3.63, 3.8) is 0 Å².